The van der Waals surface area contributed by atoms with E-state index in [1.807, 2.05) is 67.6 Å². The second kappa shape index (κ2) is 10.0. The topological polar surface area (TPSA) is 84.1 Å². The van der Waals surface area contributed by atoms with Crippen LogP contribution in [0.15, 0.2) is 66.7 Å². The van der Waals surface area contributed by atoms with Crippen LogP contribution >= 0.6 is 0 Å². The molecule has 0 unspecified atom stereocenters. The highest BCUT2D eigenvalue weighted by atomic mass is 16.5. The molecule has 1 fully saturated rings. The van der Waals surface area contributed by atoms with Crippen LogP contribution in [0.25, 0.3) is 10.9 Å². The van der Waals surface area contributed by atoms with Gasteiger partial charge >= 0.3 is 0 Å². The van der Waals surface area contributed by atoms with E-state index < -0.39 is 12.1 Å². The Bertz CT molecular complexity index is 1560. The highest BCUT2D eigenvalue weighted by molar-refractivity contribution is 5.97. The maximum Gasteiger partial charge on any atom is 0.246 e. The van der Waals surface area contributed by atoms with E-state index in [4.69, 9.17) is 14.2 Å². The zero-order valence-corrected chi connectivity index (χ0v) is 22.3. The van der Waals surface area contributed by atoms with Gasteiger partial charge in [-0.3, -0.25) is 9.59 Å². The van der Waals surface area contributed by atoms with E-state index >= 15 is 0 Å². The van der Waals surface area contributed by atoms with Crippen molar-refractivity contribution in [1.29, 1.82) is 0 Å². The number of nitrogens with one attached hydrogen (secondary N) is 1. The van der Waals surface area contributed by atoms with Crippen molar-refractivity contribution >= 4 is 22.7 Å². The van der Waals surface area contributed by atoms with Gasteiger partial charge in [-0.2, -0.15) is 0 Å². The molecule has 3 heterocycles. The maximum atomic E-state index is 14.1. The third-order valence-electron chi connectivity index (χ3n) is 7.70. The number of piperazine rings is 1. The lowest BCUT2D eigenvalue weighted by molar-refractivity contribution is -0.159. The number of H-pyrrole nitrogens is 1. The van der Waals surface area contributed by atoms with Crippen LogP contribution in [0.4, 0.5) is 0 Å². The molecule has 0 radical (unpaired) electrons. The van der Waals surface area contributed by atoms with E-state index in [2.05, 4.69) is 11.1 Å². The zero-order chi connectivity index (χ0) is 27.1. The lowest BCUT2D eigenvalue weighted by Crippen LogP contribution is -2.62. The number of aromatic nitrogens is 1. The van der Waals surface area contributed by atoms with Gasteiger partial charge in [0.2, 0.25) is 11.8 Å². The first-order valence-electron chi connectivity index (χ1n) is 13.2. The summed E-state index contributed by atoms with van der Waals surface area (Å²) < 4.78 is 16.9. The van der Waals surface area contributed by atoms with Crippen LogP contribution in [0, 0.1) is 0 Å². The summed E-state index contributed by atoms with van der Waals surface area (Å²) in [6.45, 7) is 2.73. The highest BCUT2D eigenvalue weighted by Crippen LogP contribution is 2.44. The molecule has 0 aliphatic carbocycles. The molecular weight excluding hydrogens is 494 g/mol. The first-order chi connectivity index (χ1) is 19.0. The summed E-state index contributed by atoms with van der Waals surface area (Å²) in [5.74, 6) is 1.75. The van der Waals surface area contributed by atoms with E-state index in [0.29, 0.717) is 36.8 Å². The minimum atomic E-state index is -0.629. The zero-order valence-electron chi connectivity index (χ0n) is 22.3. The number of hydrogen-bond donors (Lipinski definition) is 1. The van der Waals surface area contributed by atoms with Crippen molar-refractivity contribution < 1.29 is 23.8 Å². The summed E-state index contributed by atoms with van der Waals surface area (Å²) in [6.07, 6.45) is 0.441. The number of para-hydroxylation sites is 2. The van der Waals surface area contributed by atoms with Crippen molar-refractivity contribution in [3.8, 4) is 17.2 Å². The van der Waals surface area contributed by atoms with Gasteiger partial charge in [-0.25, -0.2) is 0 Å². The highest BCUT2D eigenvalue weighted by Gasteiger charge is 2.48. The van der Waals surface area contributed by atoms with Gasteiger partial charge in [0.15, 0.2) is 11.5 Å². The minimum absolute atomic E-state index is 0.00634. The fourth-order valence-electron chi connectivity index (χ4n) is 5.97. The molecule has 4 aromatic rings. The predicted molar refractivity (Wildman–Crippen MR) is 147 cm³/mol. The molecule has 3 aromatic carbocycles. The summed E-state index contributed by atoms with van der Waals surface area (Å²) in [5, 5.41) is 1.07. The van der Waals surface area contributed by atoms with Gasteiger partial charge in [0.1, 0.15) is 18.3 Å². The van der Waals surface area contributed by atoms with E-state index in [-0.39, 0.29) is 18.4 Å². The smallest absolute Gasteiger partial charge is 0.246 e. The van der Waals surface area contributed by atoms with Gasteiger partial charge in [0, 0.05) is 35.1 Å². The van der Waals surface area contributed by atoms with Crippen molar-refractivity contribution in [1.82, 2.24) is 14.8 Å². The van der Waals surface area contributed by atoms with E-state index in [0.717, 1.165) is 33.3 Å². The number of amides is 2. The van der Waals surface area contributed by atoms with Crippen LogP contribution in [-0.2, 0) is 22.6 Å². The van der Waals surface area contributed by atoms with Crippen molar-refractivity contribution in [2.45, 2.75) is 32.0 Å². The number of carbonyl (C=O) groups is 2. The summed E-state index contributed by atoms with van der Waals surface area (Å²) >= 11 is 0. The van der Waals surface area contributed by atoms with Crippen molar-refractivity contribution in [3.63, 3.8) is 0 Å². The Morgan fingerprint density at radius 1 is 0.923 bits per heavy atom. The molecule has 0 saturated carbocycles. The van der Waals surface area contributed by atoms with E-state index in [1.165, 1.54) is 0 Å². The van der Waals surface area contributed by atoms with Gasteiger partial charge in [-0.05, 0) is 42.3 Å². The number of fused-ring (bicyclic) bond motifs is 4. The first kappa shape index (κ1) is 24.9. The monoisotopic (exact) mass is 525 g/mol. The van der Waals surface area contributed by atoms with Crippen molar-refractivity contribution in [2.75, 3.05) is 27.4 Å². The number of rotatable bonds is 7. The SMILES string of the molecule is CCOc1ccc([C@@H]2c3[nH]c4ccccc4c3C[C@H]3C(=O)N(Cc4ccccc4OC)CC(=O)N23)cc1OC. The number of carbonyl (C=O) groups excluding carboxylic acids is 2. The Hall–Kier alpha value is -4.46. The fraction of sp³-hybridized carbons (Fsp3) is 0.290. The summed E-state index contributed by atoms with van der Waals surface area (Å²) in [7, 11) is 3.21. The lowest BCUT2D eigenvalue weighted by Gasteiger charge is -2.47. The third-order valence-corrected chi connectivity index (χ3v) is 7.70. The molecule has 2 aliphatic heterocycles. The number of benzene rings is 3. The molecule has 2 amide bonds. The predicted octanol–water partition coefficient (Wildman–Crippen LogP) is 4.47. The molecule has 1 saturated heterocycles. The minimum Gasteiger partial charge on any atom is -0.496 e. The number of hydrogen-bond acceptors (Lipinski definition) is 5. The Morgan fingerprint density at radius 2 is 1.69 bits per heavy atom. The van der Waals surface area contributed by atoms with Crippen LogP contribution in [0.3, 0.4) is 0 Å². The summed E-state index contributed by atoms with van der Waals surface area (Å²) in [6, 6.07) is 20.3. The number of nitrogens with zero attached hydrogens (tertiary/aromatic N) is 2. The largest absolute Gasteiger partial charge is 0.496 e. The standard InChI is InChI=1S/C31H31N3O5/c1-4-39-26-14-13-19(15-27(26)38-3)30-29-22(21-10-6-7-11-23(21)32-29)16-24-31(36)33(18-28(35)34(24)30)17-20-9-5-8-12-25(20)37-2/h5-15,24,30,32H,4,16-18H2,1-3H3/t24-,30+/m0/s1. The van der Waals surface area contributed by atoms with Crippen LogP contribution in [0.1, 0.15) is 35.3 Å². The molecule has 2 aliphatic rings. The average molecular weight is 526 g/mol. The number of aromatic amines is 1. The van der Waals surface area contributed by atoms with Crippen LogP contribution in [0.5, 0.6) is 17.2 Å². The van der Waals surface area contributed by atoms with E-state index in [9.17, 15) is 9.59 Å². The van der Waals surface area contributed by atoms with Gasteiger partial charge < -0.3 is 29.0 Å². The van der Waals surface area contributed by atoms with Crippen LogP contribution < -0.4 is 14.2 Å². The lowest BCUT2D eigenvalue weighted by atomic mass is 9.86. The second-order valence-electron chi connectivity index (χ2n) is 9.84. The molecule has 8 nitrogen and oxygen atoms in total. The van der Waals surface area contributed by atoms with Gasteiger partial charge in [-0.1, -0.05) is 42.5 Å². The summed E-state index contributed by atoms with van der Waals surface area (Å²) in [4.78, 5) is 34.9. The third kappa shape index (κ3) is 4.16. The molecule has 1 aromatic heterocycles. The Labute approximate surface area is 227 Å². The van der Waals surface area contributed by atoms with Gasteiger partial charge in [0.25, 0.3) is 0 Å². The fourth-order valence-corrected chi connectivity index (χ4v) is 5.97. The normalized spacial score (nSPS) is 18.6. The molecule has 2 atom stereocenters. The Balaban J connectivity index is 1.45. The molecule has 8 heteroatoms. The van der Waals surface area contributed by atoms with Crippen molar-refractivity contribution in [3.05, 3.63) is 89.1 Å². The molecule has 39 heavy (non-hydrogen) atoms. The van der Waals surface area contributed by atoms with Crippen molar-refractivity contribution in [2.24, 2.45) is 0 Å². The molecule has 200 valence electrons. The molecule has 6 rings (SSSR count). The van der Waals surface area contributed by atoms with Gasteiger partial charge in [0.05, 0.1) is 26.9 Å². The molecule has 0 bridgehead atoms. The molecule has 1 N–H and O–H groups in total. The average Bonchev–Trinajstić information content (AvgIpc) is 3.34. The quantitative estimate of drug-likeness (QED) is 0.385. The number of methoxy groups -OCH3 is 2. The molecular formula is C31H31N3O5. The molecule has 0 spiro atoms. The van der Waals surface area contributed by atoms with Crippen LogP contribution in [0.2, 0.25) is 0 Å². The van der Waals surface area contributed by atoms with Crippen LogP contribution in [-0.4, -0.2) is 60.0 Å². The number of ether oxygens (including phenoxy) is 3. The maximum absolute atomic E-state index is 14.1. The Morgan fingerprint density at radius 3 is 2.49 bits per heavy atom. The first-order valence-corrected chi connectivity index (χ1v) is 13.2. The van der Waals surface area contributed by atoms with Gasteiger partial charge in [-0.15, -0.1) is 0 Å². The Kier molecular flexibility index (Phi) is 6.38. The van der Waals surface area contributed by atoms with E-state index in [1.54, 1.807) is 24.0 Å². The summed E-state index contributed by atoms with van der Waals surface area (Å²) in [5.41, 5.74) is 4.69. The second-order valence-corrected chi connectivity index (χ2v) is 9.84.